The molecular formula is C26H35N3O3. The first-order valence-electron chi connectivity index (χ1n) is 11.7. The second-order valence-corrected chi connectivity index (χ2v) is 8.67. The van der Waals surface area contributed by atoms with Crippen LogP contribution in [0.3, 0.4) is 0 Å². The number of hydrogen-bond donors (Lipinski definition) is 2. The van der Waals surface area contributed by atoms with Gasteiger partial charge in [-0.1, -0.05) is 30.3 Å². The van der Waals surface area contributed by atoms with Crippen molar-refractivity contribution in [2.45, 2.75) is 51.2 Å². The average Bonchev–Trinajstić information content (AvgIpc) is 3.19. The third-order valence-electron chi connectivity index (χ3n) is 6.48. The highest BCUT2D eigenvalue weighted by atomic mass is 16.5. The van der Waals surface area contributed by atoms with Crippen molar-refractivity contribution in [1.82, 2.24) is 10.6 Å². The third kappa shape index (κ3) is 5.01. The summed E-state index contributed by atoms with van der Waals surface area (Å²) in [6, 6.07) is 15.0. The quantitative estimate of drug-likeness (QED) is 0.509. The summed E-state index contributed by atoms with van der Waals surface area (Å²) in [5.74, 6) is 2.66. The van der Waals surface area contributed by atoms with Gasteiger partial charge in [0, 0.05) is 56.3 Å². The molecule has 2 N–H and O–H groups in total. The lowest BCUT2D eigenvalue weighted by Crippen LogP contribution is -2.47. The molecule has 0 radical (unpaired) electrons. The van der Waals surface area contributed by atoms with E-state index in [-0.39, 0.29) is 11.5 Å². The number of ether oxygens (including phenoxy) is 3. The molecule has 2 heterocycles. The van der Waals surface area contributed by atoms with Gasteiger partial charge in [-0.25, -0.2) is 0 Å². The van der Waals surface area contributed by atoms with Crippen molar-refractivity contribution in [1.29, 1.82) is 0 Å². The van der Waals surface area contributed by atoms with Gasteiger partial charge in [0.2, 0.25) is 0 Å². The van der Waals surface area contributed by atoms with Crippen LogP contribution in [0.25, 0.3) is 0 Å². The smallest absolute Gasteiger partial charge is 0.191 e. The van der Waals surface area contributed by atoms with E-state index < -0.39 is 0 Å². The van der Waals surface area contributed by atoms with E-state index in [1.165, 1.54) is 11.1 Å². The van der Waals surface area contributed by atoms with E-state index in [4.69, 9.17) is 14.2 Å². The first-order valence-corrected chi connectivity index (χ1v) is 11.7. The molecule has 2 aromatic rings. The zero-order valence-corrected chi connectivity index (χ0v) is 19.4. The number of guanidine groups is 1. The lowest BCUT2D eigenvalue weighted by molar-refractivity contribution is 0.0514. The Balaban J connectivity index is 1.44. The molecular weight excluding hydrogens is 402 g/mol. The van der Waals surface area contributed by atoms with Crippen LogP contribution < -0.4 is 20.1 Å². The first kappa shape index (κ1) is 22.5. The summed E-state index contributed by atoms with van der Waals surface area (Å²) >= 11 is 0. The number of aliphatic imine (C=N–C) groups is 1. The molecule has 1 atom stereocenters. The maximum atomic E-state index is 5.96. The number of benzene rings is 2. The molecule has 2 aromatic carbocycles. The van der Waals surface area contributed by atoms with E-state index in [0.717, 1.165) is 62.0 Å². The molecule has 0 amide bonds. The highest BCUT2D eigenvalue weighted by Gasteiger charge is 2.34. The SMILES string of the molecule is CCOc1cc2c(cc1CNC(=NC)NCC1(c3ccccc3)CCOCC1)OC(C)C2. The summed E-state index contributed by atoms with van der Waals surface area (Å²) in [6.07, 6.45) is 3.13. The summed E-state index contributed by atoms with van der Waals surface area (Å²) < 4.78 is 17.6. The summed E-state index contributed by atoms with van der Waals surface area (Å²) in [6.45, 7) is 7.74. The van der Waals surface area contributed by atoms with Gasteiger partial charge >= 0.3 is 0 Å². The first-order chi connectivity index (χ1) is 15.6. The maximum Gasteiger partial charge on any atom is 0.191 e. The number of fused-ring (bicyclic) bond motifs is 1. The molecule has 0 aliphatic carbocycles. The molecule has 4 rings (SSSR count). The number of hydrogen-bond acceptors (Lipinski definition) is 4. The van der Waals surface area contributed by atoms with Crippen LogP contribution in [0.15, 0.2) is 47.5 Å². The average molecular weight is 438 g/mol. The second kappa shape index (κ2) is 10.3. The standard InChI is InChI=1S/C26H35N3O3/c1-4-31-23-15-20-14-19(2)32-24(20)16-21(23)17-28-25(27-3)29-18-26(10-12-30-13-11-26)22-8-6-5-7-9-22/h5-9,15-16,19H,4,10-14,17-18H2,1-3H3,(H2,27,28,29). The van der Waals surface area contributed by atoms with Gasteiger partial charge in [0.1, 0.15) is 17.6 Å². The zero-order chi connectivity index (χ0) is 22.4. The lowest BCUT2D eigenvalue weighted by Gasteiger charge is -2.38. The van der Waals surface area contributed by atoms with Crippen LogP contribution in [0.2, 0.25) is 0 Å². The molecule has 2 aliphatic heterocycles. The normalized spacial score (nSPS) is 19.7. The molecule has 1 unspecified atom stereocenters. The fourth-order valence-electron chi connectivity index (χ4n) is 4.68. The molecule has 6 nitrogen and oxygen atoms in total. The van der Waals surface area contributed by atoms with Crippen molar-refractivity contribution in [3.8, 4) is 11.5 Å². The molecule has 1 fully saturated rings. The van der Waals surface area contributed by atoms with Crippen LogP contribution in [-0.4, -0.2) is 45.5 Å². The molecule has 6 heteroatoms. The number of rotatable bonds is 7. The fraction of sp³-hybridized carbons (Fsp3) is 0.500. The predicted octanol–water partition coefficient (Wildman–Crippen LogP) is 3.82. The van der Waals surface area contributed by atoms with Crippen molar-refractivity contribution in [2.75, 3.05) is 33.4 Å². The summed E-state index contributed by atoms with van der Waals surface area (Å²) in [7, 11) is 1.81. The molecule has 32 heavy (non-hydrogen) atoms. The molecule has 172 valence electrons. The highest BCUT2D eigenvalue weighted by Crippen LogP contribution is 2.36. The monoisotopic (exact) mass is 437 g/mol. The highest BCUT2D eigenvalue weighted by molar-refractivity contribution is 5.79. The van der Waals surface area contributed by atoms with Crippen LogP contribution in [0.5, 0.6) is 11.5 Å². The van der Waals surface area contributed by atoms with E-state index in [1.807, 2.05) is 14.0 Å². The van der Waals surface area contributed by atoms with E-state index in [0.29, 0.717) is 13.2 Å². The minimum absolute atomic E-state index is 0.0468. The number of nitrogens with one attached hydrogen (secondary N) is 2. The van der Waals surface area contributed by atoms with E-state index in [1.54, 1.807) is 0 Å². The largest absolute Gasteiger partial charge is 0.494 e. The van der Waals surface area contributed by atoms with Gasteiger partial charge in [-0.3, -0.25) is 4.99 Å². The Morgan fingerprint density at radius 2 is 1.94 bits per heavy atom. The Morgan fingerprint density at radius 1 is 1.16 bits per heavy atom. The Bertz CT molecular complexity index is 923. The fourth-order valence-corrected chi connectivity index (χ4v) is 4.68. The topological polar surface area (TPSA) is 64.1 Å². The second-order valence-electron chi connectivity index (χ2n) is 8.67. The van der Waals surface area contributed by atoms with Gasteiger partial charge in [0.25, 0.3) is 0 Å². The van der Waals surface area contributed by atoms with Crippen LogP contribution in [0.1, 0.15) is 43.4 Å². The summed E-state index contributed by atoms with van der Waals surface area (Å²) in [4.78, 5) is 4.46. The molecule has 1 saturated heterocycles. The van der Waals surface area contributed by atoms with Gasteiger partial charge in [0.15, 0.2) is 5.96 Å². The Morgan fingerprint density at radius 3 is 2.66 bits per heavy atom. The van der Waals surface area contributed by atoms with Crippen molar-refractivity contribution in [3.05, 3.63) is 59.2 Å². The van der Waals surface area contributed by atoms with Crippen LogP contribution in [0, 0.1) is 0 Å². The molecule has 0 spiro atoms. The Kier molecular flexibility index (Phi) is 7.20. The van der Waals surface area contributed by atoms with E-state index in [2.05, 4.69) is 65.0 Å². The van der Waals surface area contributed by atoms with Gasteiger partial charge in [-0.05, 0) is 44.4 Å². The lowest BCUT2D eigenvalue weighted by atomic mass is 9.74. The minimum atomic E-state index is 0.0468. The molecule has 0 bridgehead atoms. The van der Waals surface area contributed by atoms with Crippen LogP contribution >= 0.6 is 0 Å². The predicted molar refractivity (Wildman–Crippen MR) is 128 cm³/mol. The maximum absolute atomic E-state index is 5.96. The summed E-state index contributed by atoms with van der Waals surface area (Å²) in [5.41, 5.74) is 3.70. The summed E-state index contributed by atoms with van der Waals surface area (Å²) in [5, 5.41) is 7.04. The van der Waals surface area contributed by atoms with Gasteiger partial charge in [-0.2, -0.15) is 0 Å². The Hall–Kier alpha value is -2.73. The zero-order valence-electron chi connectivity index (χ0n) is 19.4. The van der Waals surface area contributed by atoms with Crippen molar-refractivity contribution in [3.63, 3.8) is 0 Å². The minimum Gasteiger partial charge on any atom is -0.494 e. The van der Waals surface area contributed by atoms with Gasteiger partial charge < -0.3 is 24.8 Å². The molecule has 0 aromatic heterocycles. The van der Waals surface area contributed by atoms with Crippen molar-refractivity contribution >= 4 is 5.96 Å². The van der Waals surface area contributed by atoms with Crippen molar-refractivity contribution < 1.29 is 14.2 Å². The van der Waals surface area contributed by atoms with Gasteiger partial charge in [-0.15, -0.1) is 0 Å². The number of nitrogens with zero attached hydrogens (tertiary/aromatic N) is 1. The van der Waals surface area contributed by atoms with E-state index >= 15 is 0 Å². The van der Waals surface area contributed by atoms with Gasteiger partial charge in [0.05, 0.1) is 6.61 Å². The molecule has 2 aliphatic rings. The van der Waals surface area contributed by atoms with Crippen LogP contribution in [-0.2, 0) is 23.1 Å². The molecule has 0 saturated carbocycles. The van der Waals surface area contributed by atoms with E-state index in [9.17, 15) is 0 Å². The third-order valence-corrected chi connectivity index (χ3v) is 6.48. The van der Waals surface area contributed by atoms with Crippen LogP contribution in [0.4, 0.5) is 0 Å². The van der Waals surface area contributed by atoms with Crippen molar-refractivity contribution in [2.24, 2.45) is 4.99 Å². The Labute approximate surface area is 191 Å².